The Morgan fingerprint density at radius 3 is 2.47 bits per heavy atom. The van der Waals surface area contributed by atoms with Gasteiger partial charge in [-0.25, -0.2) is 0 Å². The van der Waals surface area contributed by atoms with Gasteiger partial charge in [0.15, 0.2) is 0 Å². The van der Waals surface area contributed by atoms with Crippen molar-refractivity contribution in [3.8, 4) is 0 Å². The maximum absolute atomic E-state index is 4.74. The average Bonchev–Trinajstić information content (AvgIpc) is 2.65. The standard InChI is InChI=1S/C15H17NS/c1-5-12-10-11(2)16-15(12,3)13-6-8-14(17-4)9-7-13/h5-10H,1H2,2-4H3. The molecule has 0 N–H and O–H groups in total. The molecule has 0 amide bonds. The third-order valence-electron chi connectivity index (χ3n) is 3.20. The molecule has 1 heterocycles. The number of allylic oxidation sites excluding steroid dienone is 1. The predicted octanol–water partition coefficient (Wildman–Crippen LogP) is 4.21. The van der Waals surface area contributed by atoms with Gasteiger partial charge in [0.1, 0.15) is 5.54 Å². The molecule has 2 rings (SSSR count). The van der Waals surface area contributed by atoms with Gasteiger partial charge in [-0.2, -0.15) is 0 Å². The van der Waals surface area contributed by atoms with Crippen molar-refractivity contribution in [1.82, 2.24) is 0 Å². The molecule has 0 aromatic heterocycles. The van der Waals surface area contributed by atoms with Crippen molar-refractivity contribution in [1.29, 1.82) is 0 Å². The minimum atomic E-state index is -0.261. The van der Waals surface area contributed by atoms with Crippen LogP contribution in [0, 0.1) is 0 Å². The Bertz CT molecular complexity index is 496. The van der Waals surface area contributed by atoms with Gasteiger partial charge in [0.2, 0.25) is 0 Å². The van der Waals surface area contributed by atoms with Gasteiger partial charge >= 0.3 is 0 Å². The fraction of sp³-hybridized carbons (Fsp3) is 0.267. The van der Waals surface area contributed by atoms with Crippen LogP contribution in [0.25, 0.3) is 0 Å². The van der Waals surface area contributed by atoms with Crippen molar-refractivity contribution in [2.75, 3.05) is 6.26 Å². The van der Waals surface area contributed by atoms with Gasteiger partial charge in [-0.3, -0.25) is 4.99 Å². The van der Waals surface area contributed by atoms with E-state index in [9.17, 15) is 0 Å². The summed E-state index contributed by atoms with van der Waals surface area (Å²) in [5.41, 5.74) is 3.20. The van der Waals surface area contributed by atoms with Crippen molar-refractivity contribution in [3.05, 3.63) is 54.1 Å². The number of rotatable bonds is 3. The number of benzene rings is 1. The Hall–Kier alpha value is -1.28. The topological polar surface area (TPSA) is 12.4 Å². The van der Waals surface area contributed by atoms with E-state index in [0.29, 0.717) is 0 Å². The predicted molar refractivity (Wildman–Crippen MR) is 77.0 cm³/mol. The number of aliphatic imine (C=N–C) groups is 1. The van der Waals surface area contributed by atoms with Crippen LogP contribution in [0.15, 0.2) is 58.5 Å². The van der Waals surface area contributed by atoms with E-state index in [1.807, 2.05) is 13.0 Å². The summed E-state index contributed by atoms with van der Waals surface area (Å²) in [4.78, 5) is 6.02. The van der Waals surface area contributed by atoms with Crippen LogP contribution >= 0.6 is 11.8 Å². The lowest BCUT2D eigenvalue weighted by Crippen LogP contribution is -2.18. The molecule has 0 radical (unpaired) electrons. The van der Waals surface area contributed by atoms with Crippen molar-refractivity contribution >= 4 is 17.5 Å². The third kappa shape index (κ3) is 2.09. The molecule has 17 heavy (non-hydrogen) atoms. The van der Waals surface area contributed by atoms with Gasteiger partial charge in [0, 0.05) is 10.6 Å². The molecule has 1 aliphatic heterocycles. The van der Waals surface area contributed by atoms with Gasteiger partial charge in [-0.05, 0) is 49.4 Å². The normalized spacial score (nSPS) is 23.2. The number of hydrogen-bond acceptors (Lipinski definition) is 2. The van der Waals surface area contributed by atoms with E-state index in [2.05, 4.69) is 50.1 Å². The lowest BCUT2D eigenvalue weighted by atomic mass is 9.86. The smallest absolute Gasteiger partial charge is 0.108 e. The molecule has 0 saturated heterocycles. The van der Waals surface area contributed by atoms with E-state index >= 15 is 0 Å². The molecular weight excluding hydrogens is 226 g/mol. The highest BCUT2D eigenvalue weighted by molar-refractivity contribution is 7.98. The van der Waals surface area contributed by atoms with Crippen molar-refractivity contribution in [2.45, 2.75) is 24.3 Å². The monoisotopic (exact) mass is 243 g/mol. The molecule has 1 aromatic rings. The molecule has 1 unspecified atom stereocenters. The average molecular weight is 243 g/mol. The second-order valence-electron chi connectivity index (χ2n) is 4.36. The second kappa shape index (κ2) is 4.53. The van der Waals surface area contributed by atoms with Crippen LogP contribution in [0.3, 0.4) is 0 Å². The van der Waals surface area contributed by atoms with Gasteiger partial charge in [-0.1, -0.05) is 24.8 Å². The Morgan fingerprint density at radius 1 is 1.29 bits per heavy atom. The van der Waals surface area contributed by atoms with Crippen LogP contribution in [-0.4, -0.2) is 12.0 Å². The summed E-state index contributed by atoms with van der Waals surface area (Å²) in [6.07, 6.45) is 6.10. The van der Waals surface area contributed by atoms with E-state index in [0.717, 1.165) is 5.71 Å². The van der Waals surface area contributed by atoms with Crippen LogP contribution in [0.1, 0.15) is 19.4 Å². The molecule has 1 atom stereocenters. The van der Waals surface area contributed by atoms with Crippen molar-refractivity contribution in [3.63, 3.8) is 0 Å². The molecule has 88 valence electrons. The lowest BCUT2D eigenvalue weighted by Gasteiger charge is -2.24. The zero-order valence-electron chi connectivity index (χ0n) is 10.5. The van der Waals surface area contributed by atoms with Crippen molar-refractivity contribution < 1.29 is 0 Å². The summed E-state index contributed by atoms with van der Waals surface area (Å²) in [5.74, 6) is 0. The Balaban J connectivity index is 2.44. The maximum Gasteiger partial charge on any atom is 0.108 e. The molecule has 1 nitrogen and oxygen atoms in total. The molecule has 1 aromatic carbocycles. The zero-order valence-corrected chi connectivity index (χ0v) is 11.3. The molecule has 0 spiro atoms. The highest BCUT2D eigenvalue weighted by atomic mass is 32.2. The van der Waals surface area contributed by atoms with E-state index in [1.54, 1.807) is 11.8 Å². The van der Waals surface area contributed by atoms with E-state index in [1.165, 1.54) is 16.0 Å². The summed E-state index contributed by atoms with van der Waals surface area (Å²) in [6, 6.07) is 8.61. The maximum atomic E-state index is 4.74. The van der Waals surface area contributed by atoms with E-state index in [-0.39, 0.29) is 5.54 Å². The number of nitrogens with zero attached hydrogens (tertiary/aromatic N) is 1. The first-order valence-corrected chi connectivity index (χ1v) is 6.88. The molecule has 0 saturated carbocycles. The molecular formula is C15H17NS. The molecule has 0 bridgehead atoms. The summed E-state index contributed by atoms with van der Waals surface area (Å²) >= 11 is 1.76. The Kier molecular flexibility index (Phi) is 3.25. The third-order valence-corrected chi connectivity index (χ3v) is 3.94. The fourth-order valence-electron chi connectivity index (χ4n) is 2.22. The van der Waals surface area contributed by atoms with Crippen LogP contribution in [0.5, 0.6) is 0 Å². The minimum Gasteiger partial charge on any atom is -0.274 e. The first-order valence-electron chi connectivity index (χ1n) is 5.66. The van der Waals surface area contributed by atoms with Gasteiger partial charge in [0.25, 0.3) is 0 Å². The molecule has 0 aliphatic carbocycles. The highest BCUT2D eigenvalue weighted by Crippen LogP contribution is 2.38. The van der Waals surface area contributed by atoms with Gasteiger partial charge in [0.05, 0.1) is 0 Å². The van der Waals surface area contributed by atoms with Crippen molar-refractivity contribution in [2.24, 2.45) is 4.99 Å². The van der Waals surface area contributed by atoms with Crippen LogP contribution in [0.4, 0.5) is 0 Å². The van der Waals surface area contributed by atoms with Gasteiger partial charge in [-0.15, -0.1) is 11.8 Å². The summed E-state index contributed by atoms with van der Waals surface area (Å²) in [7, 11) is 0. The summed E-state index contributed by atoms with van der Waals surface area (Å²) in [5, 5.41) is 0. The zero-order chi connectivity index (χ0) is 12.5. The summed E-state index contributed by atoms with van der Waals surface area (Å²) in [6.45, 7) is 8.06. The molecule has 0 fully saturated rings. The minimum absolute atomic E-state index is 0.261. The first-order chi connectivity index (χ1) is 8.10. The SMILES string of the molecule is C=CC1=CC(C)=NC1(C)c1ccc(SC)cc1. The van der Waals surface area contributed by atoms with E-state index in [4.69, 9.17) is 4.99 Å². The number of hydrogen-bond donors (Lipinski definition) is 0. The Labute approximate surface area is 107 Å². The first kappa shape index (κ1) is 12.2. The van der Waals surface area contributed by atoms with Crippen LogP contribution < -0.4 is 0 Å². The quantitative estimate of drug-likeness (QED) is 0.724. The largest absolute Gasteiger partial charge is 0.274 e. The number of thioether (sulfide) groups is 1. The molecule has 2 heteroatoms. The highest BCUT2D eigenvalue weighted by Gasteiger charge is 2.32. The fourth-order valence-corrected chi connectivity index (χ4v) is 2.63. The van der Waals surface area contributed by atoms with Crippen LogP contribution in [0.2, 0.25) is 0 Å². The Morgan fingerprint density at radius 2 is 1.94 bits per heavy atom. The second-order valence-corrected chi connectivity index (χ2v) is 5.24. The summed E-state index contributed by atoms with van der Waals surface area (Å²) < 4.78 is 0. The van der Waals surface area contributed by atoms with Gasteiger partial charge < -0.3 is 0 Å². The van der Waals surface area contributed by atoms with Crippen LogP contribution in [-0.2, 0) is 5.54 Å². The molecule has 1 aliphatic rings. The lowest BCUT2D eigenvalue weighted by molar-refractivity contribution is 0.618. The van der Waals surface area contributed by atoms with E-state index < -0.39 is 0 Å².